The Hall–Kier alpha value is -1.09. The van der Waals surface area contributed by atoms with E-state index in [1.54, 1.807) is 18.2 Å². The van der Waals surface area contributed by atoms with E-state index in [1.807, 2.05) is 36.4 Å². The molecule has 0 unspecified atom stereocenters. The molecule has 0 saturated heterocycles. The van der Waals surface area contributed by atoms with Gasteiger partial charge in [-0.3, -0.25) is 0 Å². The van der Waals surface area contributed by atoms with E-state index in [9.17, 15) is 0 Å². The third kappa shape index (κ3) is 3.98. The Morgan fingerprint density at radius 2 is 1.28 bits per heavy atom. The Morgan fingerprint density at radius 1 is 0.722 bits per heavy atom. The third-order valence-corrected chi connectivity index (χ3v) is 2.28. The lowest BCUT2D eigenvalue weighted by Gasteiger charge is -2.16. The fourth-order valence-electron chi connectivity index (χ4n) is 1.36. The lowest BCUT2D eigenvalue weighted by Crippen LogP contribution is -2.13. The molecular weight excluding hydrogens is 295 g/mol. The van der Waals surface area contributed by atoms with Crippen molar-refractivity contribution in [2.45, 2.75) is 3.98 Å². The summed E-state index contributed by atoms with van der Waals surface area (Å²) in [7, 11) is 0. The Bertz CT molecular complexity index is 509. The van der Waals surface area contributed by atoms with Crippen LogP contribution in [0.5, 0.6) is 17.2 Å². The standard InChI is InChI=1S/C13H9Cl3O2/c14-13(15,16)18-12-9-5-4-8-11(12)17-10-6-2-1-3-7-10/h1-9H. The highest BCUT2D eigenvalue weighted by Crippen LogP contribution is 2.37. The van der Waals surface area contributed by atoms with Crippen molar-refractivity contribution < 1.29 is 9.47 Å². The van der Waals surface area contributed by atoms with Crippen LogP contribution in [0.15, 0.2) is 54.6 Å². The molecule has 0 radical (unpaired) electrons. The highest BCUT2D eigenvalue weighted by molar-refractivity contribution is 6.66. The van der Waals surface area contributed by atoms with Crippen molar-refractivity contribution >= 4 is 34.8 Å². The van der Waals surface area contributed by atoms with Gasteiger partial charge in [0.2, 0.25) is 0 Å². The van der Waals surface area contributed by atoms with Gasteiger partial charge in [-0.1, -0.05) is 30.3 Å². The highest BCUT2D eigenvalue weighted by Gasteiger charge is 2.23. The molecule has 0 spiro atoms. The summed E-state index contributed by atoms with van der Waals surface area (Å²) < 4.78 is 9.01. The summed E-state index contributed by atoms with van der Waals surface area (Å²) in [5, 5.41) is 0. The predicted molar refractivity (Wildman–Crippen MR) is 73.9 cm³/mol. The van der Waals surface area contributed by atoms with Crippen molar-refractivity contribution in [3.63, 3.8) is 0 Å². The van der Waals surface area contributed by atoms with Gasteiger partial charge >= 0.3 is 3.98 Å². The minimum atomic E-state index is -1.82. The van der Waals surface area contributed by atoms with Gasteiger partial charge in [0.15, 0.2) is 11.5 Å². The summed E-state index contributed by atoms with van der Waals surface area (Å²) in [4.78, 5) is 0. The summed E-state index contributed by atoms with van der Waals surface area (Å²) in [5.41, 5.74) is 0. The summed E-state index contributed by atoms with van der Waals surface area (Å²) in [6.07, 6.45) is 0. The lowest BCUT2D eigenvalue weighted by molar-refractivity contribution is 0.304. The van der Waals surface area contributed by atoms with E-state index >= 15 is 0 Å². The molecule has 0 saturated carbocycles. The van der Waals surface area contributed by atoms with Crippen LogP contribution in [-0.4, -0.2) is 3.98 Å². The van der Waals surface area contributed by atoms with E-state index in [-0.39, 0.29) is 0 Å². The number of benzene rings is 2. The molecule has 0 aliphatic heterocycles. The monoisotopic (exact) mass is 302 g/mol. The summed E-state index contributed by atoms with van der Waals surface area (Å²) in [5.74, 6) is 1.52. The van der Waals surface area contributed by atoms with Crippen LogP contribution < -0.4 is 9.47 Å². The van der Waals surface area contributed by atoms with Gasteiger partial charge in [0.05, 0.1) is 0 Å². The van der Waals surface area contributed by atoms with Crippen LogP contribution in [0.3, 0.4) is 0 Å². The fourth-order valence-corrected chi connectivity index (χ4v) is 1.61. The number of halogens is 3. The number of ether oxygens (including phenoxy) is 2. The number of hydrogen-bond donors (Lipinski definition) is 0. The van der Waals surface area contributed by atoms with E-state index in [4.69, 9.17) is 44.3 Å². The Kier molecular flexibility index (Phi) is 4.23. The Morgan fingerprint density at radius 3 is 1.89 bits per heavy atom. The molecule has 5 heteroatoms. The molecule has 0 aliphatic rings. The normalized spacial score (nSPS) is 11.1. The van der Waals surface area contributed by atoms with Gasteiger partial charge in [-0.05, 0) is 59.1 Å². The second-order valence-electron chi connectivity index (χ2n) is 3.41. The van der Waals surface area contributed by atoms with Crippen molar-refractivity contribution in [3.05, 3.63) is 54.6 Å². The molecule has 94 valence electrons. The van der Waals surface area contributed by atoms with Crippen LogP contribution in [0.4, 0.5) is 0 Å². The zero-order chi connectivity index (χ0) is 13.0. The molecule has 0 aromatic heterocycles. The number of rotatable bonds is 3. The van der Waals surface area contributed by atoms with Gasteiger partial charge in [0, 0.05) is 0 Å². The van der Waals surface area contributed by atoms with Crippen LogP contribution >= 0.6 is 34.8 Å². The second kappa shape index (κ2) is 5.70. The first-order chi connectivity index (χ1) is 8.54. The van der Waals surface area contributed by atoms with E-state index in [0.29, 0.717) is 17.2 Å². The minimum Gasteiger partial charge on any atom is -0.453 e. The van der Waals surface area contributed by atoms with Crippen molar-refractivity contribution in [3.8, 4) is 17.2 Å². The maximum Gasteiger partial charge on any atom is 0.338 e. The molecule has 0 bridgehead atoms. The van der Waals surface area contributed by atoms with Crippen molar-refractivity contribution in [1.29, 1.82) is 0 Å². The van der Waals surface area contributed by atoms with Gasteiger partial charge in [-0.2, -0.15) is 0 Å². The molecule has 18 heavy (non-hydrogen) atoms. The SMILES string of the molecule is ClC(Cl)(Cl)Oc1ccccc1Oc1ccccc1. The van der Waals surface area contributed by atoms with Crippen LogP contribution in [0, 0.1) is 0 Å². The molecule has 2 aromatic rings. The fraction of sp³-hybridized carbons (Fsp3) is 0.0769. The average molecular weight is 304 g/mol. The van der Waals surface area contributed by atoms with E-state index in [1.165, 1.54) is 0 Å². The van der Waals surface area contributed by atoms with Gasteiger partial charge in [0.1, 0.15) is 5.75 Å². The van der Waals surface area contributed by atoms with Gasteiger partial charge in [-0.15, -0.1) is 0 Å². The second-order valence-corrected chi connectivity index (χ2v) is 5.59. The maximum absolute atomic E-state index is 5.65. The van der Waals surface area contributed by atoms with E-state index < -0.39 is 3.98 Å². The van der Waals surface area contributed by atoms with Crippen LogP contribution in [0.1, 0.15) is 0 Å². The molecular formula is C13H9Cl3O2. The number of alkyl halides is 3. The zero-order valence-corrected chi connectivity index (χ0v) is 11.4. The molecule has 0 heterocycles. The molecule has 0 amide bonds. The first-order valence-corrected chi connectivity index (χ1v) is 6.26. The minimum absolute atomic E-state index is 0.362. The molecule has 2 nitrogen and oxygen atoms in total. The third-order valence-electron chi connectivity index (χ3n) is 2.05. The van der Waals surface area contributed by atoms with E-state index in [2.05, 4.69) is 0 Å². The number of hydrogen-bond acceptors (Lipinski definition) is 2. The Labute approximate surface area is 120 Å². The summed E-state index contributed by atoms with van der Waals surface area (Å²) in [6.45, 7) is 0. The summed E-state index contributed by atoms with van der Waals surface area (Å²) >= 11 is 16.8. The van der Waals surface area contributed by atoms with Crippen LogP contribution in [0.2, 0.25) is 0 Å². The topological polar surface area (TPSA) is 18.5 Å². The first-order valence-electron chi connectivity index (χ1n) is 5.12. The van der Waals surface area contributed by atoms with Gasteiger partial charge in [-0.25, -0.2) is 0 Å². The molecule has 2 aromatic carbocycles. The average Bonchev–Trinajstić information content (AvgIpc) is 2.31. The molecule has 0 atom stereocenters. The first kappa shape index (κ1) is 13.3. The molecule has 0 fully saturated rings. The quantitative estimate of drug-likeness (QED) is 0.727. The van der Waals surface area contributed by atoms with Crippen molar-refractivity contribution in [1.82, 2.24) is 0 Å². The van der Waals surface area contributed by atoms with E-state index in [0.717, 1.165) is 0 Å². The number of para-hydroxylation sites is 3. The molecule has 0 N–H and O–H groups in total. The van der Waals surface area contributed by atoms with Crippen molar-refractivity contribution in [2.75, 3.05) is 0 Å². The smallest absolute Gasteiger partial charge is 0.338 e. The van der Waals surface area contributed by atoms with Gasteiger partial charge < -0.3 is 9.47 Å². The molecule has 2 rings (SSSR count). The predicted octanol–water partition coefficient (Wildman–Crippen LogP) is 5.19. The highest BCUT2D eigenvalue weighted by atomic mass is 35.6. The maximum atomic E-state index is 5.65. The molecule has 0 aliphatic carbocycles. The summed E-state index contributed by atoms with van der Waals surface area (Å²) in [6, 6.07) is 16.3. The van der Waals surface area contributed by atoms with Gasteiger partial charge in [0.25, 0.3) is 0 Å². The van der Waals surface area contributed by atoms with Crippen molar-refractivity contribution in [2.24, 2.45) is 0 Å². The zero-order valence-electron chi connectivity index (χ0n) is 9.15. The Balaban J connectivity index is 2.23. The lowest BCUT2D eigenvalue weighted by atomic mass is 10.3. The largest absolute Gasteiger partial charge is 0.453 e. The van der Waals surface area contributed by atoms with Crippen LogP contribution in [0.25, 0.3) is 0 Å². The van der Waals surface area contributed by atoms with Crippen LogP contribution in [-0.2, 0) is 0 Å².